The maximum absolute atomic E-state index is 13.2. The Labute approximate surface area is 138 Å². The maximum Gasteiger partial charge on any atom is 0.126 e. The Hall–Kier alpha value is -0.550. The van der Waals surface area contributed by atoms with Gasteiger partial charge in [-0.1, -0.05) is 6.07 Å². The van der Waals surface area contributed by atoms with Gasteiger partial charge in [0, 0.05) is 24.7 Å². The molecule has 0 saturated carbocycles. The first-order valence-electron chi connectivity index (χ1n) is 6.97. The van der Waals surface area contributed by atoms with Crippen LogP contribution in [0.5, 0.6) is 5.75 Å². The average molecular weight is 339 g/mol. The molecule has 1 aliphatic rings. The summed E-state index contributed by atoms with van der Waals surface area (Å²) in [5.41, 5.74) is 6.69. The minimum atomic E-state index is -0.250. The molecule has 1 aromatic rings. The predicted molar refractivity (Wildman–Crippen MR) is 89.1 cm³/mol. The summed E-state index contributed by atoms with van der Waals surface area (Å²) in [5, 5.41) is 0. The largest absolute Gasteiger partial charge is 0.496 e. The van der Waals surface area contributed by atoms with Gasteiger partial charge < -0.3 is 10.5 Å². The molecule has 6 heteroatoms. The van der Waals surface area contributed by atoms with E-state index in [4.69, 9.17) is 10.5 Å². The van der Waals surface area contributed by atoms with Crippen LogP contribution >= 0.6 is 24.8 Å². The summed E-state index contributed by atoms with van der Waals surface area (Å²) in [5.74, 6) is 1.09. The third kappa shape index (κ3) is 5.99. The molecule has 0 radical (unpaired) electrons. The van der Waals surface area contributed by atoms with Crippen molar-refractivity contribution in [1.82, 2.24) is 4.90 Å². The van der Waals surface area contributed by atoms with Crippen LogP contribution in [0.25, 0.3) is 0 Å². The lowest BCUT2D eigenvalue weighted by Crippen LogP contribution is -2.35. The van der Waals surface area contributed by atoms with Gasteiger partial charge in [-0.05, 0) is 44.3 Å². The summed E-state index contributed by atoms with van der Waals surface area (Å²) in [6.07, 6.45) is 3.58. The molecule has 0 amide bonds. The highest BCUT2D eigenvalue weighted by atomic mass is 35.5. The number of ether oxygens (including phenoxy) is 1. The van der Waals surface area contributed by atoms with Crippen molar-refractivity contribution in [3.63, 3.8) is 0 Å². The van der Waals surface area contributed by atoms with E-state index in [1.165, 1.54) is 25.0 Å². The number of rotatable bonds is 5. The van der Waals surface area contributed by atoms with Gasteiger partial charge in [-0.15, -0.1) is 24.8 Å². The molecule has 2 rings (SSSR count). The zero-order valence-corrected chi connectivity index (χ0v) is 14.0. The Morgan fingerprint density at radius 1 is 1.38 bits per heavy atom. The first-order valence-corrected chi connectivity index (χ1v) is 6.97. The summed E-state index contributed by atoms with van der Waals surface area (Å²) in [6.45, 7) is 3.77. The number of hydrogen-bond donors (Lipinski definition) is 1. The van der Waals surface area contributed by atoms with E-state index in [1.54, 1.807) is 7.11 Å². The molecule has 21 heavy (non-hydrogen) atoms. The highest BCUT2D eigenvalue weighted by Gasteiger charge is 2.20. The molecule has 1 aromatic carbocycles. The molecular weight excluding hydrogens is 314 g/mol. The van der Waals surface area contributed by atoms with Crippen LogP contribution < -0.4 is 10.5 Å². The second-order valence-corrected chi connectivity index (χ2v) is 5.28. The van der Waals surface area contributed by atoms with Crippen molar-refractivity contribution in [3.8, 4) is 5.75 Å². The number of likely N-dealkylation sites (tertiary alicyclic amines) is 1. The van der Waals surface area contributed by atoms with Gasteiger partial charge in [-0.2, -0.15) is 0 Å². The van der Waals surface area contributed by atoms with Gasteiger partial charge >= 0.3 is 0 Å². The molecule has 1 saturated heterocycles. The molecule has 0 bridgehead atoms. The molecule has 2 N–H and O–H groups in total. The fourth-order valence-electron chi connectivity index (χ4n) is 2.86. The number of nitrogens with two attached hydrogens (primary N) is 1. The predicted octanol–water partition coefficient (Wildman–Crippen LogP) is 3.24. The van der Waals surface area contributed by atoms with Crippen LogP contribution in [0.4, 0.5) is 4.39 Å². The molecule has 0 aromatic heterocycles. The minimum absolute atomic E-state index is 0. The molecule has 1 aliphatic heterocycles. The lowest BCUT2D eigenvalue weighted by molar-refractivity contribution is 0.161. The molecule has 122 valence electrons. The first-order chi connectivity index (χ1) is 9.22. The van der Waals surface area contributed by atoms with Crippen LogP contribution in [0.3, 0.4) is 0 Å². The fourth-order valence-corrected chi connectivity index (χ4v) is 2.86. The smallest absolute Gasteiger partial charge is 0.126 e. The lowest BCUT2D eigenvalue weighted by atomic mass is 9.94. The van der Waals surface area contributed by atoms with Crippen LogP contribution in [0.15, 0.2) is 18.2 Å². The standard InChI is InChI=1S/C15H23FN2O.2ClH/c1-19-15-9-14(16)5-4-13(15)11-18-8-2-3-12(10-18)6-7-17;;/h4-5,9,12H,2-3,6-8,10-11,17H2,1H3;2*1H. The summed E-state index contributed by atoms with van der Waals surface area (Å²) in [6, 6.07) is 4.77. The second-order valence-electron chi connectivity index (χ2n) is 5.28. The van der Waals surface area contributed by atoms with Crippen LogP contribution in [-0.4, -0.2) is 31.6 Å². The molecular formula is C15H25Cl2FN2O. The van der Waals surface area contributed by atoms with Crippen LogP contribution in [-0.2, 0) is 6.54 Å². The molecule has 0 aliphatic carbocycles. The summed E-state index contributed by atoms with van der Waals surface area (Å²) >= 11 is 0. The average Bonchev–Trinajstić information content (AvgIpc) is 2.41. The van der Waals surface area contributed by atoms with Crippen molar-refractivity contribution < 1.29 is 9.13 Å². The maximum atomic E-state index is 13.2. The van der Waals surface area contributed by atoms with Crippen LogP contribution in [0.2, 0.25) is 0 Å². The van der Waals surface area contributed by atoms with Crippen LogP contribution in [0, 0.1) is 11.7 Å². The molecule has 1 unspecified atom stereocenters. The first kappa shape index (κ1) is 20.5. The highest BCUT2D eigenvalue weighted by Crippen LogP contribution is 2.25. The van der Waals surface area contributed by atoms with Crippen molar-refractivity contribution in [2.45, 2.75) is 25.8 Å². The third-order valence-corrected chi connectivity index (χ3v) is 3.82. The molecule has 3 nitrogen and oxygen atoms in total. The van der Waals surface area contributed by atoms with E-state index in [-0.39, 0.29) is 30.6 Å². The van der Waals surface area contributed by atoms with Gasteiger partial charge in [-0.25, -0.2) is 4.39 Å². The van der Waals surface area contributed by atoms with Crippen molar-refractivity contribution >= 4 is 24.8 Å². The Bertz CT molecular complexity index is 419. The van der Waals surface area contributed by atoms with E-state index in [2.05, 4.69) is 4.90 Å². The van der Waals surface area contributed by atoms with E-state index in [9.17, 15) is 4.39 Å². The van der Waals surface area contributed by atoms with Crippen LogP contribution in [0.1, 0.15) is 24.8 Å². The molecule has 1 heterocycles. The zero-order valence-electron chi connectivity index (χ0n) is 12.4. The number of halogens is 3. The van der Waals surface area contributed by atoms with Gasteiger partial charge in [0.05, 0.1) is 7.11 Å². The third-order valence-electron chi connectivity index (χ3n) is 3.82. The van der Waals surface area contributed by atoms with Gasteiger partial charge in [0.2, 0.25) is 0 Å². The van der Waals surface area contributed by atoms with E-state index >= 15 is 0 Å². The Balaban J connectivity index is 0.00000200. The Morgan fingerprint density at radius 2 is 2.14 bits per heavy atom. The molecule has 0 spiro atoms. The summed E-state index contributed by atoms with van der Waals surface area (Å²) in [4.78, 5) is 2.42. The minimum Gasteiger partial charge on any atom is -0.496 e. The quantitative estimate of drug-likeness (QED) is 0.895. The van der Waals surface area contributed by atoms with Gasteiger partial charge in [0.1, 0.15) is 11.6 Å². The summed E-state index contributed by atoms with van der Waals surface area (Å²) < 4.78 is 18.4. The molecule has 1 atom stereocenters. The van der Waals surface area contributed by atoms with E-state index in [1.807, 2.05) is 6.07 Å². The fraction of sp³-hybridized carbons (Fsp3) is 0.600. The Morgan fingerprint density at radius 3 is 2.81 bits per heavy atom. The van der Waals surface area contributed by atoms with E-state index < -0.39 is 0 Å². The zero-order chi connectivity index (χ0) is 13.7. The molecule has 1 fully saturated rings. The van der Waals surface area contributed by atoms with Gasteiger partial charge in [-0.3, -0.25) is 4.90 Å². The van der Waals surface area contributed by atoms with E-state index in [0.717, 1.165) is 38.2 Å². The van der Waals surface area contributed by atoms with Crippen molar-refractivity contribution in [2.24, 2.45) is 11.7 Å². The highest BCUT2D eigenvalue weighted by molar-refractivity contribution is 5.85. The van der Waals surface area contributed by atoms with Crippen molar-refractivity contribution in [1.29, 1.82) is 0 Å². The second kappa shape index (κ2) is 10.2. The SMILES string of the molecule is COc1cc(F)ccc1CN1CCCC(CCN)C1.Cl.Cl. The summed E-state index contributed by atoms with van der Waals surface area (Å²) in [7, 11) is 1.59. The number of methoxy groups -OCH3 is 1. The number of hydrogen-bond acceptors (Lipinski definition) is 3. The lowest BCUT2D eigenvalue weighted by Gasteiger charge is -2.32. The monoisotopic (exact) mass is 338 g/mol. The van der Waals surface area contributed by atoms with Gasteiger partial charge in [0.15, 0.2) is 0 Å². The van der Waals surface area contributed by atoms with Crippen molar-refractivity contribution in [2.75, 3.05) is 26.7 Å². The van der Waals surface area contributed by atoms with Gasteiger partial charge in [0.25, 0.3) is 0 Å². The Kier molecular flexibility index (Phi) is 9.95. The normalized spacial score (nSPS) is 18.5. The topological polar surface area (TPSA) is 38.5 Å². The number of piperidine rings is 1. The number of benzene rings is 1. The van der Waals surface area contributed by atoms with E-state index in [0.29, 0.717) is 11.7 Å². The van der Waals surface area contributed by atoms with Crippen molar-refractivity contribution in [3.05, 3.63) is 29.6 Å². The number of nitrogens with zero attached hydrogens (tertiary/aromatic N) is 1.